The summed E-state index contributed by atoms with van der Waals surface area (Å²) in [7, 11) is -10.4. The van der Waals surface area contributed by atoms with E-state index in [-0.39, 0.29) is 35.8 Å². The Morgan fingerprint density at radius 3 is 2.22 bits per heavy atom. The number of aliphatic hydroxyl groups is 4. The van der Waals surface area contributed by atoms with Gasteiger partial charge < -0.3 is 39.8 Å². The van der Waals surface area contributed by atoms with Gasteiger partial charge in [0.05, 0.1) is 6.61 Å². The van der Waals surface area contributed by atoms with E-state index in [0.717, 1.165) is 0 Å². The molecule has 0 fully saturated rings. The van der Waals surface area contributed by atoms with Gasteiger partial charge in [-0.15, -0.1) is 0 Å². The number of carboxylic acid groups (broad SMARTS) is 1. The van der Waals surface area contributed by atoms with Crippen molar-refractivity contribution in [1.82, 2.24) is 4.72 Å². The summed E-state index contributed by atoms with van der Waals surface area (Å²) in [6.07, 6.45) is -13.3. The first-order valence-corrected chi connectivity index (χ1v) is 10.7. The van der Waals surface area contributed by atoms with Gasteiger partial charge in [-0.3, -0.25) is 9.11 Å². The molecule has 181 valence electrons. The minimum Gasteiger partial charge on any atom is -0.475 e. The van der Waals surface area contributed by atoms with Gasteiger partial charge in [-0.2, -0.15) is 21.6 Å². The number of hydrogen-bond acceptors (Lipinski definition) is 13. The number of ether oxygens (including phenoxy) is 2. The van der Waals surface area contributed by atoms with Crippen molar-refractivity contribution >= 4 is 62.5 Å². The summed E-state index contributed by atoms with van der Waals surface area (Å²) in [6.45, 7) is -1.21. The molecule has 20 heteroatoms. The maximum atomic E-state index is 11.1. The van der Waals surface area contributed by atoms with Gasteiger partial charge in [0.25, 0.3) is 0 Å². The monoisotopic (exact) mass is 520 g/mol. The predicted molar refractivity (Wildman–Crippen MR) is 97.3 cm³/mol. The maximum Gasteiger partial charge on any atom is 0.397 e. The summed E-state index contributed by atoms with van der Waals surface area (Å²) in [5, 5.41) is 48.1. The van der Waals surface area contributed by atoms with Crippen LogP contribution in [0.5, 0.6) is 0 Å². The largest absolute Gasteiger partial charge is 0.475 e. The van der Waals surface area contributed by atoms with Crippen molar-refractivity contribution in [3.63, 3.8) is 0 Å². The van der Waals surface area contributed by atoms with Gasteiger partial charge in [0.15, 0.2) is 6.10 Å². The first-order valence-electron chi connectivity index (χ1n) is 7.87. The van der Waals surface area contributed by atoms with E-state index in [9.17, 15) is 41.7 Å². The first-order chi connectivity index (χ1) is 14.1. The molecule has 7 unspecified atom stereocenters. The van der Waals surface area contributed by atoms with E-state index in [1.807, 2.05) is 0 Å². The first kappa shape index (κ1) is 31.2. The Balaban J connectivity index is 0.00000961. The summed E-state index contributed by atoms with van der Waals surface area (Å²) < 4.78 is 76.6. The number of carbonyl (C=O) groups is 2. The summed E-state index contributed by atoms with van der Waals surface area (Å²) >= 11 is 0. The van der Waals surface area contributed by atoms with E-state index < -0.39 is 81.9 Å². The molecule has 0 aromatic rings. The van der Waals surface area contributed by atoms with Gasteiger partial charge in [-0.25, -0.2) is 8.98 Å². The molecule has 0 aromatic carbocycles. The molecule has 1 aliphatic heterocycles. The molecule has 32 heavy (non-hydrogen) atoms. The van der Waals surface area contributed by atoms with Crippen molar-refractivity contribution in [3.8, 4) is 0 Å². The third-order valence-electron chi connectivity index (χ3n) is 3.61. The molecule has 0 saturated heterocycles. The van der Waals surface area contributed by atoms with Crippen molar-refractivity contribution in [2.75, 3.05) is 6.61 Å². The molecule has 0 aliphatic carbocycles. The van der Waals surface area contributed by atoms with E-state index in [2.05, 4.69) is 4.18 Å². The zero-order valence-corrected chi connectivity index (χ0v) is 19.7. The average Bonchev–Trinajstić information content (AvgIpc) is 2.63. The molecule has 1 rings (SSSR count). The molecule has 0 saturated carbocycles. The standard InChI is InChI=1S/C12H19NO16S2.Na/c14-2-4(13-30(21,22)23)8(18)9(6(17)3-15)28-12-10(29-31(24,25)26)5(16)1-7(27-12)11(19)20;/h1-2,4-6,8-10,12-13,15-18H,3H2,(H,19,20)(H,21,22,23)(H,24,25,26);. The third-order valence-corrected chi connectivity index (χ3v) is 4.64. The van der Waals surface area contributed by atoms with Crippen LogP contribution in [-0.4, -0.2) is 143 Å². The smallest absolute Gasteiger partial charge is 0.397 e. The van der Waals surface area contributed by atoms with Crippen LogP contribution < -0.4 is 4.72 Å². The van der Waals surface area contributed by atoms with E-state index in [0.29, 0.717) is 6.08 Å². The zero-order chi connectivity index (χ0) is 24.1. The average molecular weight is 520 g/mol. The normalized spacial score (nSPS) is 25.3. The number of carbonyl (C=O) groups excluding carboxylic acids is 1. The molecule has 17 nitrogen and oxygen atoms in total. The number of nitrogens with one attached hydrogen (secondary N) is 1. The molecule has 8 N–H and O–H groups in total. The van der Waals surface area contributed by atoms with Crippen LogP contribution in [0, 0.1) is 0 Å². The number of aliphatic carboxylic acids is 1. The fourth-order valence-electron chi connectivity index (χ4n) is 2.32. The minimum absolute atomic E-state index is 0. The van der Waals surface area contributed by atoms with Gasteiger partial charge in [0, 0.05) is 29.6 Å². The Morgan fingerprint density at radius 1 is 1.25 bits per heavy atom. The maximum absolute atomic E-state index is 11.1. The molecule has 0 amide bonds. The van der Waals surface area contributed by atoms with Crippen LogP contribution in [0.2, 0.25) is 0 Å². The van der Waals surface area contributed by atoms with Crippen LogP contribution in [0.1, 0.15) is 0 Å². The van der Waals surface area contributed by atoms with Crippen LogP contribution in [0.25, 0.3) is 0 Å². The van der Waals surface area contributed by atoms with Crippen LogP contribution in [0.15, 0.2) is 11.8 Å². The Hall–Kier alpha value is -0.780. The minimum atomic E-state index is -5.31. The van der Waals surface area contributed by atoms with Crippen LogP contribution >= 0.6 is 0 Å². The second-order valence-electron chi connectivity index (χ2n) is 5.90. The Kier molecular flexibility index (Phi) is 12.3. The van der Waals surface area contributed by atoms with Crippen molar-refractivity contribution < 1.29 is 74.7 Å². The summed E-state index contributed by atoms with van der Waals surface area (Å²) in [5.74, 6) is -2.82. The van der Waals surface area contributed by atoms with Gasteiger partial charge in [0.2, 0.25) is 12.0 Å². The Morgan fingerprint density at radius 2 is 1.81 bits per heavy atom. The molecule has 1 radical (unpaired) electrons. The summed E-state index contributed by atoms with van der Waals surface area (Å²) in [5.41, 5.74) is 0. The number of hydrogen-bond donors (Lipinski definition) is 8. The topological polar surface area (TPSA) is 284 Å². The second kappa shape index (κ2) is 12.6. The van der Waals surface area contributed by atoms with Gasteiger partial charge in [-0.05, 0) is 6.08 Å². The molecule has 0 bridgehead atoms. The van der Waals surface area contributed by atoms with Gasteiger partial charge in [0.1, 0.15) is 36.7 Å². The van der Waals surface area contributed by atoms with Crippen LogP contribution in [0.4, 0.5) is 0 Å². The Labute approximate surface area is 202 Å². The molecule has 0 aromatic heterocycles. The SMILES string of the molecule is O=CC(NS(=O)(=O)O)C(O)C(OC1OC(C(=O)O)=CC(O)C1OS(=O)(=O)O)C(O)CO.[Na]. The number of rotatable bonds is 12. The molecular formula is C12H19NNaO16S2. The van der Waals surface area contributed by atoms with E-state index in [1.54, 1.807) is 0 Å². The fourth-order valence-corrected chi connectivity index (χ4v) is 3.35. The van der Waals surface area contributed by atoms with Crippen molar-refractivity contribution in [1.29, 1.82) is 0 Å². The second-order valence-corrected chi connectivity index (χ2v) is 8.13. The quantitative estimate of drug-likeness (QED) is 0.0676. The summed E-state index contributed by atoms with van der Waals surface area (Å²) in [6, 6.07) is -2.20. The van der Waals surface area contributed by atoms with E-state index in [4.69, 9.17) is 28.8 Å². The molecule has 0 spiro atoms. The zero-order valence-electron chi connectivity index (χ0n) is 16.0. The van der Waals surface area contributed by atoms with Crippen molar-refractivity contribution in [3.05, 3.63) is 11.8 Å². The van der Waals surface area contributed by atoms with Crippen molar-refractivity contribution in [2.45, 2.75) is 42.9 Å². The van der Waals surface area contributed by atoms with Crippen LogP contribution in [0.3, 0.4) is 0 Å². The summed E-state index contributed by atoms with van der Waals surface area (Å²) in [4.78, 5) is 22.2. The van der Waals surface area contributed by atoms with Gasteiger partial charge >= 0.3 is 26.7 Å². The fraction of sp³-hybridized carbons (Fsp3) is 0.667. The van der Waals surface area contributed by atoms with Gasteiger partial charge in [-0.1, -0.05) is 0 Å². The molecular weight excluding hydrogens is 501 g/mol. The molecule has 7 atom stereocenters. The number of aldehydes is 1. The third kappa shape index (κ3) is 9.61. The van der Waals surface area contributed by atoms with Crippen LogP contribution in [-0.2, 0) is 43.9 Å². The number of carboxylic acids is 1. The van der Waals surface area contributed by atoms with E-state index in [1.165, 1.54) is 4.72 Å². The Bertz CT molecular complexity index is 891. The predicted octanol–water partition coefficient (Wildman–Crippen LogP) is -5.46. The molecule has 1 heterocycles. The molecule has 1 aliphatic rings. The van der Waals surface area contributed by atoms with Crippen molar-refractivity contribution in [2.24, 2.45) is 0 Å². The van der Waals surface area contributed by atoms with E-state index >= 15 is 0 Å². The number of aliphatic hydroxyl groups excluding tert-OH is 4.